The van der Waals surface area contributed by atoms with E-state index >= 15 is 0 Å². The molecule has 0 N–H and O–H groups in total. The van der Waals surface area contributed by atoms with Gasteiger partial charge < -0.3 is 19.1 Å². The van der Waals surface area contributed by atoms with Crippen LogP contribution in [0.2, 0.25) is 5.02 Å². The van der Waals surface area contributed by atoms with E-state index in [9.17, 15) is 0 Å². The molecule has 0 amide bonds. The van der Waals surface area contributed by atoms with Crippen LogP contribution >= 0.6 is 11.6 Å². The molecule has 0 spiro atoms. The molecule has 0 unspecified atom stereocenters. The van der Waals surface area contributed by atoms with Crippen LogP contribution in [0.4, 0.5) is 0 Å². The summed E-state index contributed by atoms with van der Waals surface area (Å²) in [5.41, 5.74) is 2.25. The quantitative estimate of drug-likeness (QED) is 0.370. The highest BCUT2D eigenvalue weighted by atomic mass is 35.5. The van der Waals surface area contributed by atoms with Crippen molar-refractivity contribution in [1.29, 1.82) is 0 Å². The molecule has 2 aromatic rings. The number of hydrogen-bond donors (Lipinski definition) is 0. The fraction of sp³-hybridized carbons (Fsp3) is 0.556. The fourth-order valence-corrected chi connectivity index (χ4v) is 4.24. The van der Waals surface area contributed by atoms with Crippen molar-refractivity contribution in [3.63, 3.8) is 0 Å². The Morgan fingerprint density at radius 3 is 2.55 bits per heavy atom. The van der Waals surface area contributed by atoms with Crippen LogP contribution in [0.15, 0.2) is 36.4 Å². The van der Waals surface area contributed by atoms with Gasteiger partial charge in [-0.05, 0) is 93.7 Å². The van der Waals surface area contributed by atoms with Gasteiger partial charge in [0.2, 0.25) is 0 Å². The molecule has 1 saturated heterocycles. The highest BCUT2D eigenvalue weighted by Gasteiger charge is 2.15. The summed E-state index contributed by atoms with van der Waals surface area (Å²) in [5, 5.41) is 0.769. The fourth-order valence-electron chi connectivity index (χ4n) is 4.12. The lowest BCUT2D eigenvalue weighted by molar-refractivity contribution is 0.158. The van der Waals surface area contributed by atoms with Gasteiger partial charge in [0.1, 0.15) is 12.4 Å². The van der Waals surface area contributed by atoms with E-state index < -0.39 is 0 Å². The summed E-state index contributed by atoms with van der Waals surface area (Å²) in [5.74, 6) is 3.35. The topological polar surface area (TPSA) is 34.2 Å². The molecule has 1 aliphatic rings. The van der Waals surface area contributed by atoms with Crippen LogP contribution in [-0.4, -0.2) is 63.4 Å². The summed E-state index contributed by atoms with van der Waals surface area (Å²) in [7, 11) is 3.83. The minimum Gasteiger partial charge on any atom is -0.494 e. The molecule has 0 aromatic heterocycles. The Labute approximate surface area is 204 Å². The van der Waals surface area contributed by atoms with Crippen LogP contribution in [0.25, 0.3) is 0 Å². The molecule has 1 aliphatic heterocycles. The zero-order chi connectivity index (χ0) is 23.6. The van der Waals surface area contributed by atoms with Gasteiger partial charge in [-0.1, -0.05) is 24.6 Å². The van der Waals surface area contributed by atoms with Gasteiger partial charge in [0.05, 0.1) is 13.7 Å². The first-order valence-electron chi connectivity index (χ1n) is 12.0. The Balaban J connectivity index is 1.39. The number of likely N-dealkylation sites (tertiary alicyclic amines) is 1. The minimum absolute atomic E-state index is 0.678. The normalized spacial score (nSPS) is 15.1. The van der Waals surface area contributed by atoms with Crippen molar-refractivity contribution in [2.45, 2.75) is 39.7 Å². The lowest BCUT2D eigenvalue weighted by atomic mass is 9.99. The van der Waals surface area contributed by atoms with Crippen molar-refractivity contribution in [1.82, 2.24) is 9.80 Å². The van der Waals surface area contributed by atoms with Crippen molar-refractivity contribution in [3.8, 4) is 17.2 Å². The Morgan fingerprint density at radius 1 is 1.03 bits per heavy atom. The maximum absolute atomic E-state index is 6.07. The third-order valence-electron chi connectivity index (χ3n) is 6.30. The molecular weight excluding hydrogens is 436 g/mol. The van der Waals surface area contributed by atoms with Crippen LogP contribution in [0.5, 0.6) is 17.2 Å². The standard InChI is InChI=1S/C27H39ClN2O3/c1-21-10-13-30(14-11-21)15-17-33-26-9-6-23(19-27(26)31-4)20-29(3)12-5-16-32-24-7-8-25(28)22(2)18-24/h6-9,18-19,21H,5,10-17,20H2,1-4H3. The Morgan fingerprint density at radius 2 is 1.82 bits per heavy atom. The maximum atomic E-state index is 6.07. The minimum atomic E-state index is 0.678. The third kappa shape index (κ3) is 8.40. The van der Waals surface area contributed by atoms with E-state index in [0.717, 1.165) is 59.8 Å². The second-order valence-corrected chi connectivity index (χ2v) is 9.62. The van der Waals surface area contributed by atoms with Gasteiger partial charge in [0.25, 0.3) is 0 Å². The van der Waals surface area contributed by atoms with Crippen molar-refractivity contribution < 1.29 is 14.2 Å². The number of rotatable bonds is 12. The lowest BCUT2D eigenvalue weighted by Gasteiger charge is -2.30. The molecule has 0 aliphatic carbocycles. The van der Waals surface area contributed by atoms with Crippen LogP contribution in [0, 0.1) is 12.8 Å². The van der Waals surface area contributed by atoms with Crippen molar-refractivity contribution in [2.24, 2.45) is 5.92 Å². The number of ether oxygens (including phenoxy) is 3. The predicted octanol–water partition coefficient (Wildman–Crippen LogP) is 5.67. The highest BCUT2D eigenvalue weighted by molar-refractivity contribution is 6.31. The molecule has 1 fully saturated rings. The number of hydrogen-bond acceptors (Lipinski definition) is 5. The Kier molecular flexibility index (Phi) is 10.2. The van der Waals surface area contributed by atoms with Crippen LogP contribution in [0.3, 0.4) is 0 Å². The molecule has 182 valence electrons. The number of benzene rings is 2. The van der Waals surface area contributed by atoms with Gasteiger partial charge in [-0.25, -0.2) is 0 Å². The van der Waals surface area contributed by atoms with Crippen LogP contribution < -0.4 is 14.2 Å². The van der Waals surface area contributed by atoms with E-state index in [1.165, 1.54) is 31.5 Å². The summed E-state index contributed by atoms with van der Waals surface area (Å²) >= 11 is 6.07. The second-order valence-electron chi connectivity index (χ2n) is 9.21. The van der Waals surface area contributed by atoms with E-state index in [2.05, 4.69) is 35.9 Å². The molecule has 0 atom stereocenters. The second kappa shape index (κ2) is 13.1. The summed E-state index contributed by atoms with van der Waals surface area (Å²) < 4.78 is 17.5. The number of nitrogens with zero attached hydrogens (tertiary/aromatic N) is 2. The van der Waals surface area contributed by atoms with Gasteiger partial charge in [-0.3, -0.25) is 4.90 Å². The van der Waals surface area contributed by atoms with Gasteiger partial charge in [-0.2, -0.15) is 0 Å². The van der Waals surface area contributed by atoms with Crippen LogP contribution in [0.1, 0.15) is 37.3 Å². The monoisotopic (exact) mass is 474 g/mol. The smallest absolute Gasteiger partial charge is 0.161 e. The van der Waals surface area contributed by atoms with E-state index in [-0.39, 0.29) is 0 Å². The number of methoxy groups -OCH3 is 1. The van der Waals surface area contributed by atoms with E-state index in [0.29, 0.717) is 13.2 Å². The maximum Gasteiger partial charge on any atom is 0.161 e. The lowest BCUT2D eigenvalue weighted by Crippen LogP contribution is -2.35. The van der Waals surface area contributed by atoms with Crippen molar-refractivity contribution in [3.05, 3.63) is 52.5 Å². The zero-order valence-electron chi connectivity index (χ0n) is 20.6. The van der Waals surface area contributed by atoms with E-state index in [1.807, 2.05) is 31.2 Å². The number of aryl methyl sites for hydroxylation is 1. The van der Waals surface area contributed by atoms with E-state index in [1.54, 1.807) is 7.11 Å². The van der Waals surface area contributed by atoms with Crippen molar-refractivity contribution in [2.75, 3.05) is 53.6 Å². The molecule has 1 heterocycles. The largest absolute Gasteiger partial charge is 0.494 e. The highest BCUT2D eigenvalue weighted by Crippen LogP contribution is 2.29. The van der Waals surface area contributed by atoms with Crippen LogP contribution in [-0.2, 0) is 6.54 Å². The summed E-state index contributed by atoms with van der Waals surface area (Å²) in [4.78, 5) is 4.79. The van der Waals surface area contributed by atoms with Gasteiger partial charge >= 0.3 is 0 Å². The SMILES string of the molecule is COc1cc(CN(C)CCCOc2ccc(Cl)c(C)c2)ccc1OCCN1CCC(C)CC1. The first-order chi connectivity index (χ1) is 15.9. The molecule has 0 bridgehead atoms. The molecule has 33 heavy (non-hydrogen) atoms. The Bertz CT molecular complexity index is 868. The summed E-state index contributed by atoms with van der Waals surface area (Å²) in [6, 6.07) is 12.0. The van der Waals surface area contributed by atoms with Gasteiger partial charge in [0, 0.05) is 24.7 Å². The molecule has 5 nitrogen and oxygen atoms in total. The Hall–Kier alpha value is -1.95. The number of halogens is 1. The first-order valence-corrected chi connectivity index (χ1v) is 12.4. The van der Waals surface area contributed by atoms with Gasteiger partial charge in [-0.15, -0.1) is 0 Å². The average molecular weight is 475 g/mol. The third-order valence-corrected chi connectivity index (χ3v) is 6.73. The predicted molar refractivity (Wildman–Crippen MR) is 136 cm³/mol. The summed E-state index contributed by atoms with van der Waals surface area (Å²) in [6.45, 7) is 10.8. The molecule has 0 saturated carbocycles. The molecule has 2 aromatic carbocycles. The zero-order valence-corrected chi connectivity index (χ0v) is 21.4. The summed E-state index contributed by atoms with van der Waals surface area (Å²) in [6.07, 6.45) is 3.53. The van der Waals surface area contributed by atoms with E-state index in [4.69, 9.17) is 25.8 Å². The molecule has 0 radical (unpaired) electrons. The molecular formula is C27H39ClN2O3. The molecule has 3 rings (SSSR count). The van der Waals surface area contributed by atoms with Crippen molar-refractivity contribution >= 4 is 11.6 Å². The van der Waals surface area contributed by atoms with Gasteiger partial charge in [0.15, 0.2) is 11.5 Å². The first kappa shape index (κ1) is 25.7. The average Bonchev–Trinajstić information content (AvgIpc) is 2.81. The number of piperidine rings is 1. The molecule has 6 heteroatoms.